The van der Waals surface area contributed by atoms with Gasteiger partial charge < -0.3 is 34.5 Å². The maximum Gasteiger partial charge on any atom is 0.223 e. The maximum absolute atomic E-state index is 13.6. The smallest absolute Gasteiger partial charge is 0.223 e. The summed E-state index contributed by atoms with van der Waals surface area (Å²) in [6.45, 7) is 13.0. The molecule has 52 heavy (non-hydrogen) atoms. The molecule has 0 bridgehead atoms. The Bertz CT molecular complexity index is 1980. The van der Waals surface area contributed by atoms with Crippen LogP contribution >= 0.6 is 0 Å². The van der Waals surface area contributed by atoms with E-state index in [2.05, 4.69) is 45.9 Å². The number of Topliss-reactive ketones (excluding diaryl/α,β-unsaturated/α-hetero) is 1. The van der Waals surface area contributed by atoms with Gasteiger partial charge in [-0.25, -0.2) is 0 Å². The van der Waals surface area contributed by atoms with Crippen LogP contribution in [0.3, 0.4) is 0 Å². The Morgan fingerprint density at radius 2 is 1.73 bits per heavy atom. The number of fused-ring (bicyclic) bond motifs is 9. The van der Waals surface area contributed by atoms with Gasteiger partial charge in [-0.1, -0.05) is 52.3 Å². The number of benzene rings is 3. The van der Waals surface area contributed by atoms with Crippen LogP contribution in [0.2, 0.25) is 0 Å². The minimum atomic E-state index is -0.630. The van der Waals surface area contributed by atoms with Gasteiger partial charge in [-0.2, -0.15) is 0 Å². The zero-order valence-corrected chi connectivity index (χ0v) is 31.6. The summed E-state index contributed by atoms with van der Waals surface area (Å²) in [7, 11) is 3.07. The van der Waals surface area contributed by atoms with Gasteiger partial charge in [-0.05, 0) is 91.7 Å². The molecule has 0 spiro atoms. The summed E-state index contributed by atoms with van der Waals surface area (Å²) in [6, 6.07) is 11.9. The summed E-state index contributed by atoms with van der Waals surface area (Å²) in [6.07, 6.45) is 8.62. The average Bonchev–Trinajstić information content (AvgIpc) is 3.10. The van der Waals surface area contributed by atoms with Crippen LogP contribution in [0.5, 0.6) is 34.5 Å². The third-order valence-electron chi connectivity index (χ3n) is 12.3. The van der Waals surface area contributed by atoms with E-state index in [1.165, 1.54) is 36.3 Å². The Balaban J connectivity index is 0.000000170. The van der Waals surface area contributed by atoms with Crippen molar-refractivity contribution in [3.8, 4) is 34.5 Å². The highest BCUT2D eigenvalue weighted by Crippen LogP contribution is 2.57. The van der Waals surface area contributed by atoms with Gasteiger partial charge in [0, 0.05) is 23.1 Å². The third-order valence-corrected chi connectivity index (χ3v) is 12.3. The van der Waals surface area contributed by atoms with E-state index in [9.17, 15) is 14.7 Å². The van der Waals surface area contributed by atoms with Crippen molar-refractivity contribution in [2.24, 2.45) is 17.1 Å². The lowest BCUT2D eigenvalue weighted by Gasteiger charge is -2.54. The molecule has 276 valence electrons. The molecule has 3 aromatic carbocycles. The average molecular weight is 710 g/mol. The van der Waals surface area contributed by atoms with Crippen molar-refractivity contribution in [3.05, 3.63) is 75.9 Å². The van der Waals surface area contributed by atoms with Gasteiger partial charge in [0.2, 0.25) is 5.91 Å². The van der Waals surface area contributed by atoms with Gasteiger partial charge in [-0.15, -0.1) is 0 Å². The van der Waals surface area contributed by atoms with Crippen molar-refractivity contribution in [1.29, 1.82) is 0 Å². The number of aryl methyl sites for hydroxylation is 1. The first-order chi connectivity index (χ1) is 24.6. The zero-order chi connectivity index (χ0) is 37.3. The Morgan fingerprint density at radius 1 is 1.00 bits per heavy atom. The molecule has 2 aliphatic carbocycles. The summed E-state index contributed by atoms with van der Waals surface area (Å²) in [4.78, 5) is 25.7. The molecule has 9 nitrogen and oxygen atoms in total. The number of hydrogen-bond donors (Lipinski definition) is 2. The van der Waals surface area contributed by atoms with Crippen LogP contribution in [-0.2, 0) is 16.6 Å². The molecule has 1 saturated carbocycles. The lowest BCUT2D eigenvalue weighted by Crippen LogP contribution is -2.54. The van der Waals surface area contributed by atoms with Crippen LogP contribution in [0.25, 0.3) is 6.08 Å². The first-order valence-electron chi connectivity index (χ1n) is 18.4. The van der Waals surface area contributed by atoms with Gasteiger partial charge in [0.15, 0.2) is 17.3 Å². The van der Waals surface area contributed by atoms with Crippen molar-refractivity contribution in [2.45, 2.75) is 103 Å². The number of methoxy groups -OCH3 is 2. The monoisotopic (exact) mass is 709 g/mol. The Kier molecular flexibility index (Phi) is 8.78. The number of phenolic OH excluding ortho intramolecular Hbond substituents is 1. The van der Waals surface area contributed by atoms with E-state index in [-0.39, 0.29) is 40.4 Å². The molecule has 0 radical (unpaired) electrons. The van der Waals surface area contributed by atoms with Gasteiger partial charge >= 0.3 is 0 Å². The number of carbonyl (C=O) groups excluding carboxylic acids is 2. The number of carbonyl (C=O) groups is 2. The molecule has 1 amide bonds. The highest BCUT2D eigenvalue weighted by atomic mass is 16.5. The van der Waals surface area contributed by atoms with Crippen molar-refractivity contribution < 1.29 is 38.4 Å². The molecule has 3 aliphatic heterocycles. The summed E-state index contributed by atoms with van der Waals surface area (Å²) in [5.41, 5.74) is 10.9. The molecular formula is C43H51NO8. The molecule has 0 aromatic heterocycles. The number of phenols is 1. The highest BCUT2D eigenvalue weighted by molar-refractivity contribution is 6.08. The zero-order valence-electron chi connectivity index (χ0n) is 31.6. The standard InChI is InChI=1S/C23H22O7.C20H29NO/c1-23(2)6-5-11-15(30-23)8-13(24)20-21(25)19-12-7-16(26-3)17(27-4)9-14(12)28-10-18(19)29-22(11)20;1-13(2)14-6-8-16-15(12-14)7-9-17-19(16,3)10-5-11-20(17,4)18(21)22/h5-9,18-19,24H,10H2,1-4H3;6,8,12-13,17H,5,7,9-11H2,1-4H3,(H2,21,22). The quantitative estimate of drug-likeness (QED) is 0.279. The number of hydrogen-bond acceptors (Lipinski definition) is 8. The van der Waals surface area contributed by atoms with Crippen LogP contribution in [0.1, 0.15) is 117 Å². The Morgan fingerprint density at radius 3 is 2.42 bits per heavy atom. The van der Waals surface area contributed by atoms with Crippen LogP contribution in [0.15, 0.2) is 42.5 Å². The fraction of sp³-hybridized carbons (Fsp3) is 0.488. The topological polar surface area (TPSA) is 127 Å². The Hall–Kier alpha value is -4.66. The molecule has 0 saturated heterocycles. The molecule has 5 atom stereocenters. The van der Waals surface area contributed by atoms with E-state index in [1.54, 1.807) is 19.2 Å². The van der Waals surface area contributed by atoms with Crippen molar-refractivity contribution in [2.75, 3.05) is 20.8 Å². The summed E-state index contributed by atoms with van der Waals surface area (Å²) in [5.74, 6) is 2.18. The van der Waals surface area contributed by atoms with Gasteiger partial charge in [0.1, 0.15) is 46.9 Å². The number of amides is 1. The minimum Gasteiger partial charge on any atom is -0.507 e. The first-order valence-corrected chi connectivity index (χ1v) is 18.4. The lowest BCUT2D eigenvalue weighted by atomic mass is 9.49. The molecule has 8 rings (SSSR count). The van der Waals surface area contributed by atoms with Crippen molar-refractivity contribution in [1.82, 2.24) is 0 Å². The number of aromatic hydroxyl groups is 1. The van der Waals surface area contributed by atoms with Crippen LogP contribution in [0, 0.1) is 11.3 Å². The molecule has 5 aliphatic rings. The molecule has 3 N–H and O–H groups in total. The minimum absolute atomic E-state index is 0.102. The number of nitrogens with two attached hydrogens (primary N) is 1. The predicted octanol–water partition coefficient (Wildman–Crippen LogP) is 8.02. The maximum atomic E-state index is 13.6. The van der Waals surface area contributed by atoms with Crippen molar-refractivity contribution in [3.63, 3.8) is 0 Å². The normalized spacial score (nSPS) is 27.3. The van der Waals surface area contributed by atoms with Crippen molar-refractivity contribution >= 4 is 17.8 Å². The van der Waals surface area contributed by atoms with Crippen LogP contribution in [0.4, 0.5) is 0 Å². The van der Waals surface area contributed by atoms with E-state index < -0.39 is 17.6 Å². The molecule has 3 heterocycles. The van der Waals surface area contributed by atoms with Gasteiger partial charge in [-0.3, -0.25) is 9.59 Å². The summed E-state index contributed by atoms with van der Waals surface area (Å²) >= 11 is 0. The first kappa shape index (κ1) is 35.7. The van der Waals surface area contributed by atoms with E-state index in [0.717, 1.165) is 25.7 Å². The van der Waals surface area contributed by atoms with E-state index >= 15 is 0 Å². The molecule has 1 fully saturated rings. The van der Waals surface area contributed by atoms with E-state index in [4.69, 9.17) is 29.4 Å². The third kappa shape index (κ3) is 5.67. The van der Waals surface area contributed by atoms with Gasteiger partial charge in [0.05, 0.1) is 25.7 Å². The fourth-order valence-electron chi connectivity index (χ4n) is 9.44. The number of ketones is 1. The number of rotatable bonds is 4. The highest BCUT2D eigenvalue weighted by Gasteiger charge is 2.54. The predicted molar refractivity (Wildman–Crippen MR) is 199 cm³/mol. The van der Waals surface area contributed by atoms with Crippen LogP contribution < -0.4 is 29.4 Å². The molecule has 3 aromatic rings. The molecular weight excluding hydrogens is 658 g/mol. The second kappa shape index (κ2) is 12.8. The van der Waals surface area contributed by atoms with Crippen LogP contribution in [-0.4, -0.2) is 49.3 Å². The lowest BCUT2D eigenvalue weighted by molar-refractivity contribution is -0.135. The second-order valence-corrected chi connectivity index (χ2v) is 16.3. The van der Waals surface area contributed by atoms with E-state index in [1.807, 2.05) is 26.0 Å². The van der Waals surface area contributed by atoms with E-state index in [0.29, 0.717) is 51.7 Å². The summed E-state index contributed by atoms with van der Waals surface area (Å²) in [5, 5.41) is 10.7. The number of primary amides is 1. The number of ether oxygens (including phenoxy) is 5. The largest absolute Gasteiger partial charge is 0.507 e. The summed E-state index contributed by atoms with van der Waals surface area (Å²) < 4.78 is 28.8. The fourth-order valence-corrected chi connectivity index (χ4v) is 9.44. The molecule has 9 heteroatoms. The SMILES string of the molecule is CC(C)c1ccc2c(c1)CCC1C(C)(C(N)=O)CCCC21C.COc1cc2c(cc1OC)C1C(=O)c3c(O)cc4c(c3OC1CO2)C=CC(C)(C)O4. The second-order valence-electron chi connectivity index (χ2n) is 16.3. The molecule has 5 unspecified atom stereocenters. The van der Waals surface area contributed by atoms with Gasteiger partial charge in [0.25, 0.3) is 0 Å². The Labute approximate surface area is 306 Å².